The highest BCUT2D eigenvalue weighted by Crippen LogP contribution is 2.38. The first-order valence-electron chi connectivity index (χ1n) is 9.22. The zero-order valence-corrected chi connectivity index (χ0v) is 14.9. The molecule has 0 bridgehead atoms. The van der Waals surface area contributed by atoms with Gasteiger partial charge in [-0.2, -0.15) is 0 Å². The van der Waals surface area contributed by atoms with E-state index in [2.05, 4.69) is 5.32 Å². The lowest BCUT2D eigenvalue weighted by Crippen LogP contribution is -2.44. The molecule has 27 heavy (non-hydrogen) atoms. The topological polar surface area (TPSA) is 58.6 Å². The van der Waals surface area contributed by atoms with Crippen LogP contribution >= 0.6 is 0 Å². The van der Waals surface area contributed by atoms with E-state index < -0.39 is 17.4 Å². The predicted octanol–water partition coefficient (Wildman–Crippen LogP) is 3.38. The Kier molecular flexibility index (Phi) is 4.56. The molecule has 4 rings (SSSR count). The Morgan fingerprint density at radius 2 is 1.85 bits per heavy atom. The number of nitrogens with zero attached hydrogens (tertiary/aromatic N) is 1. The zero-order valence-electron chi connectivity index (χ0n) is 14.9. The van der Waals surface area contributed by atoms with Gasteiger partial charge in [0.1, 0.15) is 12.1 Å². The van der Waals surface area contributed by atoms with Gasteiger partial charge in [-0.25, -0.2) is 9.18 Å². The van der Waals surface area contributed by atoms with Crippen molar-refractivity contribution < 1.29 is 18.7 Å². The molecule has 1 fully saturated rings. The molecule has 0 saturated carbocycles. The van der Waals surface area contributed by atoms with Crippen LogP contribution in [0.3, 0.4) is 0 Å². The molecule has 1 heterocycles. The molecule has 6 heteroatoms. The Hall–Kier alpha value is -2.89. The molecule has 2 aromatic carbocycles. The molecule has 1 N–H and O–H groups in total. The van der Waals surface area contributed by atoms with Gasteiger partial charge in [-0.05, 0) is 48.9 Å². The number of nitrogens with one attached hydrogen (secondary N) is 1. The number of hydrogen-bond acceptors (Lipinski definition) is 3. The fraction of sp³-hybridized carbons (Fsp3) is 0.333. The average molecular weight is 368 g/mol. The van der Waals surface area contributed by atoms with Crippen LogP contribution in [0.1, 0.15) is 30.4 Å². The maximum atomic E-state index is 13.7. The maximum Gasteiger partial charge on any atom is 0.325 e. The third-order valence-corrected chi connectivity index (χ3v) is 5.31. The highest BCUT2D eigenvalue weighted by atomic mass is 19.1. The lowest BCUT2D eigenvalue weighted by atomic mass is 9.84. The molecule has 1 spiro atoms. The first-order chi connectivity index (χ1) is 13.1. The minimum atomic E-state index is -0.998. The van der Waals surface area contributed by atoms with Crippen LogP contribution in [0.4, 0.5) is 9.18 Å². The van der Waals surface area contributed by atoms with Crippen LogP contribution in [-0.4, -0.2) is 30.0 Å². The molecule has 1 saturated heterocycles. The summed E-state index contributed by atoms with van der Waals surface area (Å²) in [5, 5.41) is 2.93. The quantitative estimate of drug-likeness (QED) is 0.842. The molecule has 0 aromatic heterocycles. The van der Waals surface area contributed by atoms with E-state index in [1.807, 2.05) is 24.3 Å². The number of benzene rings is 2. The van der Waals surface area contributed by atoms with Gasteiger partial charge in [0.15, 0.2) is 11.6 Å². The van der Waals surface area contributed by atoms with Crippen molar-refractivity contribution in [2.75, 3.05) is 13.2 Å². The SMILES string of the molecule is O=C1N[C@@]2(CCCCc3ccccc32)C(=O)N1CCOc1ccccc1F. The zero-order chi connectivity index (χ0) is 18.9. The average Bonchev–Trinajstić information content (AvgIpc) is 2.81. The Balaban J connectivity index is 1.53. The molecule has 0 unspecified atom stereocenters. The Bertz CT molecular complexity index is 885. The molecule has 0 radical (unpaired) electrons. The van der Waals surface area contributed by atoms with Crippen molar-refractivity contribution in [1.29, 1.82) is 0 Å². The molecule has 5 nitrogen and oxygen atoms in total. The summed E-state index contributed by atoms with van der Waals surface area (Å²) in [6.45, 7) is 0.112. The molecule has 1 atom stereocenters. The van der Waals surface area contributed by atoms with Crippen molar-refractivity contribution in [3.63, 3.8) is 0 Å². The van der Waals surface area contributed by atoms with Crippen LogP contribution in [0, 0.1) is 5.82 Å². The van der Waals surface area contributed by atoms with Crippen LogP contribution in [0.5, 0.6) is 5.75 Å². The smallest absolute Gasteiger partial charge is 0.325 e. The molecule has 140 valence electrons. The van der Waals surface area contributed by atoms with Crippen molar-refractivity contribution in [2.45, 2.75) is 31.2 Å². The van der Waals surface area contributed by atoms with E-state index in [1.54, 1.807) is 12.1 Å². The summed E-state index contributed by atoms with van der Waals surface area (Å²) in [7, 11) is 0. The van der Waals surface area contributed by atoms with E-state index >= 15 is 0 Å². The Morgan fingerprint density at radius 3 is 2.70 bits per heavy atom. The molecule has 1 aliphatic carbocycles. The van der Waals surface area contributed by atoms with Crippen LogP contribution in [-0.2, 0) is 16.8 Å². The van der Waals surface area contributed by atoms with E-state index in [9.17, 15) is 14.0 Å². The highest BCUT2D eigenvalue weighted by molar-refractivity contribution is 6.07. The second-order valence-electron chi connectivity index (χ2n) is 6.94. The summed E-state index contributed by atoms with van der Waals surface area (Å²) in [5.41, 5.74) is 0.994. The third-order valence-electron chi connectivity index (χ3n) is 5.31. The second-order valence-corrected chi connectivity index (χ2v) is 6.94. The van der Waals surface area contributed by atoms with Crippen molar-refractivity contribution >= 4 is 11.9 Å². The van der Waals surface area contributed by atoms with Gasteiger partial charge in [-0.3, -0.25) is 9.69 Å². The summed E-state index contributed by atoms with van der Waals surface area (Å²) in [6, 6.07) is 13.5. The fourth-order valence-electron chi connectivity index (χ4n) is 3.98. The number of para-hydroxylation sites is 1. The van der Waals surface area contributed by atoms with Crippen LogP contribution in [0.2, 0.25) is 0 Å². The second kappa shape index (κ2) is 7.02. The van der Waals surface area contributed by atoms with Gasteiger partial charge in [0.25, 0.3) is 5.91 Å². The van der Waals surface area contributed by atoms with Gasteiger partial charge in [0.05, 0.1) is 6.54 Å². The normalized spacial score (nSPS) is 21.7. The van der Waals surface area contributed by atoms with Gasteiger partial charge in [-0.1, -0.05) is 36.4 Å². The lowest BCUT2D eigenvalue weighted by molar-refractivity contribution is -0.132. The van der Waals surface area contributed by atoms with Crippen LogP contribution in [0.25, 0.3) is 0 Å². The number of halogens is 1. The lowest BCUT2D eigenvalue weighted by Gasteiger charge is -2.27. The number of carbonyl (C=O) groups is 2. The largest absolute Gasteiger partial charge is 0.489 e. The van der Waals surface area contributed by atoms with Crippen molar-refractivity contribution in [3.8, 4) is 5.75 Å². The number of amides is 3. The number of urea groups is 1. The standard InChI is InChI=1S/C21H21FN2O3/c22-17-10-3-4-11-18(17)27-14-13-24-19(25)21(23-20(24)26)12-6-5-8-15-7-1-2-9-16(15)21/h1-4,7,9-11H,5-6,8,12-14H2,(H,23,26)/t21-/m1/s1. The third kappa shape index (κ3) is 3.05. The highest BCUT2D eigenvalue weighted by Gasteiger charge is 2.53. The van der Waals surface area contributed by atoms with Gasteiger partial charge in [0.2, 0.25) is 0 Å². The van der Waals surface area contributed by atoms with E-state index in [0.717, 1.165) is 30.4 Å². The van der Waals surface area contributed by atoms with Gasteiger partial charge < -0.3 is 10.1 Å². The Morgan fingerprint density at radius 1 is 1.07 bits per heavy atom. The van der Waals surface area contributed by atoms with Gasteiger partial charge in [0, 0.05) is 0 Å². The van der Waals surface area contributed by atoms with Crippen molar-refractivity contribution in [2.24, 2.45) is 0 Å². The maximum absolute atomic E-state index is 13.7. The molecule has 1 aliphatic heterocycles. The number of imide groups is 1. The van der Waals surface area contributed by atoms with Gasteiger partial charge >= 0.3 is 6.03 Å². The first-order valence-corrected chi connectivity index (χ1v) is 9.22. The first kappa shape index (κ1) is 17.5. The van der Waals surface area contributed by atoms with E-state index in [4.69, 9.17) is 4.74 Å². The van der Waals surface area contributed by atoms with Gasteiger partial charge in [-0.15, -0.1) is 0 Å². The minimum Gasteiger partial charge on any atom is -0.489 e. The van der Waals surface area contributed by atoms with Crippen LogP contribution in [0.15, 0.2) is 48.5 Å². The number of rotatable bonds is 4. The number of fused-ring (bicyclic) bond motifs is 2. The summed E-state index contributed by atoms with van der Waals surface area (Å²) in [5.74, 6) is -0.609. The monoisotopic (exact) mass is 368 g/mol. The molecule has 2 aliphatic rings. The number of aryl methyl sites for hydroxylation is 1. The molecular weight excluding hydrogens is 347 g/mol. The number of carbonyl (C=O) groups excluding carboxylic acids is 2. The van der Waals surface area contributed by atoms with E-state index in [-0.39, 0.29) is 24.8 Å². The minimum absolute atomic E-state index is 0.0395. The van der Waals surface area contributed by atoms with E-state index in [0.29, 0.717) is 6.42 Å². The van der Waals surface area contributed by atoms with E-state index in [1.165, 1.54) is 17.0 Å². The summed E-state index contributed by atoms with van der Waals surface area (Å²) in [6.07, 6.45) is 3.33. The van der Waals surface area contributed by atoms with Crippen LogP contribution < -0.4 is 10.1 Å². The summed E-state index contributed by atoms with van der Waals surface area (Å²) < 4.78 is 19.1. The van der Waals surface area contributed by atoms with Crippen molar-refractivity contribution in [1.82, 2.24) is 10.2 Å². The summed E-state index contributed by atoms with van der Waals surface area (Å²) >= 11 is 0. The summed E-state index contributed by atoms with van der Waals surface area (Å²) in [4.78, 5) is 27.0. The molecule has 2 aromatic rings. The number of ether oxygens (including phenoxy) is 1. The number of hydrogen-bond donors (Lipinski definition) is 1. The Labute approximate surface area is 157 Å². The molecule has 3 amide bonds. The molecular formula is C21H21FN2O3. The predicted molar refractivity (Wildman–Crippen MR) is 97.8 cm³/mol. The fourth-order valence-corrected chi connectivity index (χ4v) is 3.98. The van der Waals surface area contributed by atoms with Crippen molar-refractivity contribution in [3.05, 3.63) is 65.5 Å².